The normalized spacial score (nSPS) is 16.4. The topological polar surface area (TPSA) is 48.5 Å². The largest absolute Gasteiger partial charge is 0.496 e. The van der Waals surface area contributed by atoms with Crippen LogP contribution < -0.4 is 19.6 Å². The fourth-order valence-corrected chi connectivity index (χ4v) is 7.31. The van der Waals surface area contributed by atoms with Gasteiger partial charge < -0.3 is 9.30 Å². The molecule has 0 unspecified atom stereocenters. The first kappa shape index (κ1) is 24.6. The molecule has 2 aliphatic rings. The molecule has 1 aliphatic heterocycles. The summed E-state index contributed by atoms with van der Waals surface area (Å²) in [4.78, 5) is 20.2. The predicted octanol–water partition coefficient (Wildman–Crippen LogP) is 5.78. The number of fused-ring (bicyclic) bond motifs is 4. The number of aryl methyl sites for hydroxylation is 1. The Morgan fingerprint density at radius 1 is 1.05 bits per heavy atom. The third kappa shape index (κ3) is 3.67. The monoisotopic (exact) mass is 543 g/mol. The molecule has 0 N–H and O–H groups in total. The van der Waals surface area contributed by atoms with Crippen molar-refractivity contribution in [1.29, 1.82) is 0 Å². The van der Waals surface area contributed by atoms with Crippen LogP contribution in [-0.4, -0.2) is 16.2 Å². The molecule has 0 radical (unpaired) electrons. The van der Waals surface area contributed by atoms with Gasteiger partial charge in [0.25, 0.3) is 5.56 Å². The van der Waals surface area contributed by atoms with Gasteiger partial charge in [-0.25, -0.2) is 4.99 Å². The Kier molecular flexibility index (Phi) is 5.93. The molecule has 0 amide bonds. The molecule has 1 aliphatic carbocycles. The number of para-hydroxylation sites is 2. The van der Waals surface area contributed by atoms with Gasteiger partial charge >= 0.3 is 0 Å². The minimum Gasteiger partial charge on any atom is -0.496 e. The summed E-state index contributed by atoms with van der Waals surface area (Å²) in [6, 6.07) is 24.6. The van der Waals surface area contributed by atoms with Crippen molar-refractivity contribution in [3.63, 3.8) is 0 Å². The molecule has 2 aromatic heterocycles. The number of rotatable bonds is 5. The molecule has 0 spiro atoms. The van der Waals surface area contributed by atoms with Crippen LogP contribution in [0.5, 0.6) is 5.75 Å². The van der Waals surface area contributed by atoms with Gasteiger partial charge in [-0.15, -0.1) is 6.58 Å². The molecule has 0 saturated heterocycles. The highest BCUT2D eigenvalue weighted by atomic mass is 32.1. The third-order valence-electron chi connectivity index (χ3n) is 8.17. The number of ether oxygens (including phenoxy) is 1. The van der Waals surface area contributed by atoms with Gasteiger partial charge in [0.05, 0.1) is 23.4 Å². The second kappa shape index (κ2) is 9.65. The predicted molar refractivity (Wildman–Crippen MR) is 163 cm³/mol. The van der Waals surface area contributed by atoms with Crippen molar-refractivity contribution < 1.29 is 4.74 Å². The molecular weight excluding hydrogens is 514 g/mol. The maximum Gasteiger partial charge on any atom is 0.271 e. The molecule has 6 heteroatoms. The van der Waals surface area contributed by atoms with Gasteiger partial charge in [-0.1, -0.05) is 78.1 Å². The molecule has 40 heavy (non-hydrogen) atoms. The molecule has 198 valence electrons. The molecule has 5 aromatic rings. The van der Waals surface area contributed by atoms with Crippen LogP contribution in [0.2, 0.25) is 0 Å². The second-order valence-corrected chi connectivity index (χ2v) is 11.3. The van der Waals surface area contributed by atoms with Crippen LogP contribution in [0.25, 0.3) is 22.7 Å². The molecule has 0 fully saturated rings. The molecule has 5 nitrogen and oxygen atoms in total. The van der Waals surface area contributed by atoms with E-state index in [1.807, 2.05) is 34.9 Å². The maximum atomic E-state index is 14.3. The van der Waals surface area contributed by atoms with E-state index in [2.05, 4.69) is 72.7 Å². The van der Waals surface area contributed by atoms with E-state index >= 15 is 0 Å². The van der Waals surface area contributed by atoms with Crippen molar-refractivity contribution in [2.45, 2.75) is 32.4 Å². The summed E-state index contributed by atoms with van der Waals surface area (Å²) in [5, 5.41) is 1.13. The van der Waals surface area contributed by atoms with E-state index < -0.39 is 0 Å². The van der Waals surface area contributed by atoms with Gasteiger partial charge in [0.2, 0.25) is 0 Å². The number of nitrogens with zero attached hydrogens (tertiary/aromatic N) is 3. The van der Waals surface area contributed by atoms with E-state index in [1.54, 1.807) is 7.11 Å². The number of thiazole rings is 1. The number of benzene rings is 3. The summed E-state index contributed by atoms with van der Waals surface area (Å²) in [5.74, 6) is 0.776. The van der Waals surface area contributed by atoms with Gasteiger partial charge in [-0.3, -0.25) is 9.36 Å². The lowest BCUT2D eigenvalue weighted by molar-refractivity contribution is 0.402. The molecule has 1 atom stereocenters. The van der Waals surface area contributed by atoms with Gasteiger partial charge in [-0.2, -0.15) is 0 Å². The van der Waals surface area contributed by atoms with Crippen LogP contribution in [0, 0.1) is 6.92 Å². The smallest absolute Gasteiger partial charge is 0.271 e. The van der Waals surface area contributed by atoms with Gasteiger partial charge in [0.15, 0.2) is 4.80 Å². The summed E-state index contributed by atoms with van der Waals surface area (Å²) in [6.07, 6.45) is 5.73. The van der Waals surface area contributed by atoms with Crippen LogP contribution in [0.15, 0.2) is 101 Å². The summed E-state index contributed by atoms with van der Waals surface area (Å²) >= 11 is 1.46. The number of methoxy groups -OCH3 is 1. The summed E-state index contributed by atoms with van der Waals surface area (Å²) < 4.78 is 10.6. The molecule has 3 heterocycles. The van der Waals surface area contributed by atoms with Crippen molar-refractivity contribution in [3.8, 4) is 5.75 Å². The second-order valence-electron chi connectivity index (χ2n) is 10.3. The maximum absolute atomic E-state index is 14.3. The lowest BCUT2D eigenvalue weighted by atomic mass is 9.83. The Bertz CT molecular complexity index is 2040. The van der Waals surface area contributed by atoms with Crippen LogP contribution in [0.4, 0.5) is 0 Å². The quantitative estimate of drug-likeness (QED) is 0.264. The highest BCUT2D eigenvalue weighted by Gasteiger charge is 2.34. The van der Waals surface area contributed by atoms with Crippen LogP contribution in [0.1, 0.15) is 40.4 Å². The Morgan fingerprint density at radius 2 is 1.82 bits per heavy atom. The van der Waals surface area contributed by atoms with Crippen molar-refractivity contribution >= 4 is 34.0 Å². The standard InChI is InChI=1S/C34H29N3O2S/c1-4-19-36-21(2)27(24-13-7-9-15-28(24)36)20-30-33(38)37-32(25-14-8-10-16-29(25)39-3)26-18-17-22-11-5-6-12-23(22)31(26)35-34(37)40-30/h4-16,20,32H,1,17-19H2,2-3H3/b30-20-/t32-/m0/s1. The highest BCUT2D eigenvalue weighted by molar-refractivity contribution is 7.07. The van der Waals surface area contributed by atoms with Crippen LogP contribution >= 0.6 is 11.3 Å². The van der Waals surface area contributed by atoms with Crippen molar-refractivity contribution in [3.05, 3.63) is 139 Å². The molecule has 0 bridgehead atoms. The lowest BCUT2D eigenvalue weighted by Crippen LogP contribution is -2.39. The van der Waals surface area contributed by atoms with E-state index in [-0.39, 0.29) is 11.6 Å². The first-order valence-electron chi connectivity index (χ1n) is 13.6. The van der Waals surface area contributed by atoms with Crippen LogP contribution in [0.3, 0.4) is 0 Å². The number of hydrogen-bond donors (Lipinski definition) is 0. The average molecular weight is 544 g/mol. The number of allylic oxidation sites excluding steroid dienone is 2. The highest BCUT2D eigenvalue weighted by Crippen LogP contribution is 2.43. The number of hydrogen-bond acceptors (Lipinski definition) is 4. The van der Waals surface area contributed by atoms with Gasteiger partial charge in [-0.05, 0) is 49.1 Å². The SMILES string of the molecule is C=CCn1c(C)c(/C=c2\sc3n(c2=O)[C@@H](c2ccccc2OC)C2=C(N=3)c3ccccc3CC2)c2ccccc21. The third-order valence-corrected chi connectivity index (χ3v) is 9.16. The molecule has 0 saturated carbocycles. The first-order chi connectivity index (χ1) is 19.6. The number of aromatic nitrogens is 2. The van der Waals surface area contributed by atoms with E-state index in [4.69, 9.17) is 9.73 Å². The molecular formula is C34H29N3O2S. The molecule has 7 rings (SSSR count). The minimum atomic E-state index is -0.277. The first-order valence-corrected chi connectivity index (χ1v) is 14.4. The zero-order chi connectivity index (χ0) is 27.4. The zero-order valence-electron chi connectivity index (χ0n) is 22.6. The summed E-state index contributed by atoms with van der Waals surface area (Å²) in [5.41, 5.74) is 8.89. The van der Waals surface area contributed by atoms with Gasteiger partial charge in [0.1, 0.15) is 5.75 Å². The minimum absolute atomic E-state index is 0.0231. The Balaban J connectivity index is 1.52. The van der Waals surface area contributed by atoms with Crippen molar-refractivity contribution in [1.82, 2.24) is 9.13 Å². The molecule has 3 aromatic carbocycles. The van der Waals surface area contributed by atoms with Gasteiger partial charge in [0, 0.05) is 39.8 Å². The van der Waals surface area contributed by atoms with Crippen molar-refractivity contribution in [2.75, 3.05) is 7.11 Å². The van der Waals surface area contributed by atoms with E-state index in [9.17, 15) is 4.79 Å². The van der Waals surface area contributed by atoms with Crippen LogP contribution in [-0.2, 0) is 13.0 Å². The summed E-state index contributed by atoms with van der Waals surface area (Å²) in [7, 11) is 1.69. The van der Waals surface area contributed by atoms with E-state index in [0.717, 1.165) is 62.4 Å². The average Bonchev–Trinajstić information content (AvgIpc) is 3.44. The summed E-state index contributed by atoms with van der Waals surface area (Å²) in [6.45, 7) is 6.77. The zero-order valence-corrected chi connectivity index (χ0v) is 23.4. The fraction of sp³-hybridized carbons (Fsp3) is 0.176. The fourth-order valence-electron chi connectivity index (χ4n) is 6.33. The van der Waals surface area contributed by atoms with Crippen molar-refractivity contribution in [2.24, 2.45) is 4.99 Å². The lowest BCUT2D eigenvalue weighted by Gasteiger charge is -2.31. The Hall–Kier alpha value is -4.42. The van der Waals surface area contributed by atoms with E-state index in [0.29, 0.717) is 11.1 Å². The Morgan fingerprint density at radius 3 is 2.67 bits per heavy atom. The Labute approximate surface area is 236 Å². The van der Waals surface area contributed by atoms with E-state index in [1.165, 1.54) is 22.5 Å².